The van der Waals surface area contributed by atoms with Gasteiger partial charge < -0.3 is 14.2 Å². The lowest BCUT2D eigenvalue weighted by molar-refractivity contribution is -0.145. The number of esters is 3. The van der Waals surface area contributed by atoms with Crippen LogP contribution in [0.15, 0.2) is 23.3 Å². The van der Waals surface area contributed by atoms with E-state index in [1.165, 1.54) is 13.8 Å². The highest BCUT2D eigenvalue weighted by molar-refractivity contribution is 5.75. The van der Waals surface area contributed by atoms with Gasteiger partial charge in [-0.2, -0.15) is 0 Å². The molecular weight excluding hydrogens is 324 g/mol. The molecule has 0 spiro atoms. The summed E-state index contributed by atoms with van der Waals surface area (Å²) in [4.78, 5) is 34.6. The first-order valence-corrected chi connectivity index (χ1v) is 8.65. The number of carbonyl (C=O) groups excluding carboxylic acids is 3. The predicted octanol–water partition coefficient (Wildman–Crippen LogP) is 2.72. The molecule has 1 heterocycles. The lowest BCUT2D eigenvalue weighted by Crippen LogP contribution is -2.28. The van der Waals surface area contributed by atoms with Crippen molar-refractivity contribution in [3.05, 3.63) is 23.3 Å². The van der Waals surface area contributed by atoms with Gasteiger partial charge in [-0.1, -0.05) is 13.0 Å². The van der Waals surface area contributed by atoms with Gasteiger partial charge in [0.1, 0.15) is 18.8 Å². The molecule has 1 fully saturated rings. The number of fused-ring (bicyclic) bond motifs is 1. The van der Waals surface area contributed by atoms with Crippen LogP contribution >= 0.6 is 0 Å². The summed E-state index contributed by atoms with van der Waals surface area (Å²) in [6, 6.07) is 0. The van der Waals surface area contributed by atoms with Crippen LogP contribution in [-0.2, 0) is 28.6 Å². The Morgan fingerprint density at radius 2 is 2.00 bits per heavy atom. The summed E-state index contributed by atoms with van der Waals surface area (Å²) < 4.78 is 16.1. The molecule has 6 nitrogen and oxygen atoms in total. The van der Waals surface area contributed by atoms with Crippen LogP contribution in [0.5, 0.6) is 0 Å². The number of hydrogen-bond acceptors (Lipinski definition) is 6. The number of allylic oxidation sites excluding steroid dienone is 1. The molecule has 0 aromatic rings. The monoisotopic (exact) mass is 350 g/mol. The quantitative estimate of drug-likeness (QED) is 0.442. The normalized spacial score (nSPS) is 33.8. The third-order valence-corrected chi connectivity index (χ3v) is 4.78. The molecule has 2 aliphatic rings. The maximum atomic E-state index is 12.1. The van der Waals surface area contributed by atoms with Gasteiger partial charge in [-0.05, 0) is 43.4 Å². The smallest absolute Gasteiger partial charge is 0.309 e. The largest absolute Gasteiger partial charge is 0.461 e. The molecule has 25 heavy (non-hydrogen) atoms. The van der Waals surface area contributed by atoms with Gasteiger partial charge in [0.05, 0.1) is 5.92 Å². The van der Waals surface area contributed by atoms with Crippen LogP contribution in [0.2, 0.25) is 0 Å². The average Bonchev–Trinajstić information content (AvgIpc) is 2.78. The SMILES string of the molecule is CC(=O)OC/C1=C\[C@H]2OC(=O)[C@@H](C)[C@@H]2C[C@H](OC(C)=O)/C(C)=C/CC1. The third-order valence-electron chi connectivity index (χ3n) is 4.78. The van der Waals surface area contributed by atoms with Crippen molar-refractivity contribution in [3.63, 3.8) is 0 Å². The number of rotatable bonds is 3. The van der Waals surface area contributed by atoms with Crippen molar-refractivity contribution in [2.24, 2.45) is 11.8 Å². The molecule has 0 aromatic heterocycles. The van der Waals surface area contributed by atoms with Crippen molar-refractivity contribution in [1.82, 2.24) is 0 Å². The van der Waals surface area contributed by atoms with Crippen molar-refractivity contribution in [3.8, 4) is 0 Å². The standard InChI is InChI=1S/C19H26O6/c1-11-6-5-7-15(10-23-13(3)20)8-18-16(12(2)19(22)25-18)9-17(11)24-14(4)21/h6,8,12,16-18H,5,7,9-10H2,1-4H3/b11-6+,15-8-/t12-,16-,17-,18+/m0/s1. The van der Waals surface area contributed by atoms with E-state index in [-0.39, 0.29) is 42.5 Å². The van der Waals surface area contributed by atoms with E-state index in [1.807, 2.05) is 26.0 Å². The van der Waals surface area contributed by atoms with Crippen LogP contribution in [0.4, 0.5) is 0 Å². The predicted molar refractivity (Wildman–Crippen MR) is 90.4 cm³/mol. The van der Waals surface area contributed by atoms with E-state index in [4.69, 9.17) is 14.2 Å². The molecule has 0 N–H and O–H groups in total. The zero-order valence-corrected chi connectivity index (χ0v) is 15.2. The lowest BCUT2D eigenvalue weighted by Gasteiger charge is -2.26. The first-order chi connectivity index (χ1) is 11.8. The van der Waals surface area contributed by atoms with Gasteiger partial charge in [0.2, 0.25) is 0 Å². The molecule has 1 aliphatic carbocycles. The Balaban J connectivity index is 2.28. The first-order valence-electron chi connectivity index (χ1n) is 8.65. The Kier molecular flexibility index (Phi) is 6.39. The molecule has 0 unspecified atom stereocenters. The van der Waals surface area contributed by atoms with Crippen LogP contribution in [-0.4, -0.2) is 36.7 Å². The van der Waals surface area contributed by atoms with Crippen molar-refractivity contribution in [1.29, 1.82) is 0 Å². The van der Waals surface area contributed by atoms with Crippen LogP contribution in [0, 0.1) is 11.8 Å². The van der Waals surface area contributed by atoms with Crippen molar-refractivity contribution in [2.45, 2.75) is 59.2 Å². The Hall–Kier alpha value is -2.11. The molecule has 4 atom stereocenters. The maximum Gasteiger partial charge on any atom is 0.309 e. The first kappa shape index (κ1) is 19.2. The molecule has 0 radical (unpaired) electrons. The summed E-state index contributed by atoms with van der Waals surface area (Å²) in [6.07, 6.45) is 5.13. The van der Waals surface area contributed by atoms with E-state index in [0.29, 0.717) is 12.8 Å². The van der Waals surface area contributed by atoms with Crippen LogP contribution in [0.3, 0.4) is 0 Å². The van der Waals surface area contributed by atoms with Gasteiger partial charge in [-0.3, -0.25) is 14.4 Å². The van der Waals surface area contributed by atoms with E-state index in [1.54, 1.807) is 0 Å². The zero-order valence-electron chi connectivity index (χ0n) is 15.2. The van der Waals surface area contributed by atoms with Crippen LogP contribution in [0.1, 0.15) is 47.0 Å². The second-order valence-electron chi connectivity index (χ2n) is 6.78. The third kappa shape index (κ3) is 5.18. The molecule has 0 saturated carbocycles. The highest BCUT2D eigenvalue weighted by Crippen LogP contribution is 2.36. The number of carbonyl (C=O) groups is 3. The minimum atomic E-state index is -0.392. The Bertz CT molecular complexity index is 603. The lowest BCUT2D eigenvalue weighted by atomic mass is 9.83. The van der Waals surface area contributed by atoms with E-state index in [0.717, 1.165) is 17.6 Å². The summed E-state index contributed by atoms with van der Waals surface area (Å²) in [5, 5.41) is 0. The van der Waals surface area contributed by atoms with Gasteiger partial charge in [-0.25, -0.2) is 0 Å². The van der Waals surface area contributed by atoms with Gasteiger partial charge in [0, 0.05) is 19.8 Å². The molecule has 1 saturated heterocycles. The van der Waals surface area contributed by atoms with Crippen LogP contribution in [0.25, 0.3) is 0 Å². The maximum absolute atomic E-state index is 12.1. The van der Waals surface area contributed by atoms with Gasteiger partial charge in [0.15, 0.2) is 0 Å². The molecule has 6 heteroatoms. The Labute approximate surface area is 148 Å². The minimum absolute atomic E-state index is 0.0920. The number of hydrogen-bond donors (Lipinski definition) is 0. The molecule has 138 valence electrons. The minimum Gasteiger partial charge on any atom is -0.461 e. The second kappa shape index (κ2) is 8.32. The van der Waals surface area contributed by atoms with E-state index in [2.05, 4.69) is 0 Å². The van der Waals surface area contributed by atoms with Crippen molar-refractivity contribution >= 4 is 17.9 Å². The summed E-state index contributed by atoms with van der Waals surface area (Å²) in [5.74, 6) is -1.30. The zero-order chi connectivity index (χ0) is 18.6. The highest BCUT2D eigenvalue weighted by atomic mass is 16.6. The average molecular weight is 350 g/mol. The van der Waals surface area contributed by atoms with Crippen molar-refractivity contribution < 1.29 is 28.6 Å². The molecule has 0 aromatic carbocycles. The molecule has 1 aliphatic heterocycles. The second-order valence-corrected chi connectivity index (χ2v) is 6.78. The fourth-order valence-electron chi connectivity index (χ4n) is 3.31. The van der Waals surface area contributed by atoms with E-state index in [9.17, 15) is 14.4 Å². The van der Waals surface area contributed by atoms with Crippen LogP contribution < -0.4 is 0 Å². The summed E-state index contributed by atoms with van der Waals surface area (Å²) in [6.45, 7) is 6.73. The van der Waals surface area contributed by atoms with Gasteiger partial charge >= 0.3 is 17.9 Å². The topological polar surface area (TPSA) is 78.9 Å². The van der Waals surface area contributed by atoms with Gasteiger partial charge in [0.25, 0.3) is 0 Å². The van der Waals surface area contributed by atoms with Crippen molar-refractivity contribution in [2.75, 3.05) is 6.61 Å². The Morgan fingerprint density at radius 3 is 2.64 bits per heavy atom. The Morgan fingerprint density at radius 1 is 1.28 bits per heavy atom. The summed E-state index contributed by atoms with van der Waals surface area (Å²) in [5.41, 5.74) is 1.90. The van der Waals surface area contributed by atoms with E-state index < -0.39 is 6.10 Å². The fourth-order valence-corrected chi connectivity index (χ4v) is 3.31. The molecule has 2 rings (SSSR count). The van der Waals surface area contributed by atoms with Gasteiger partial charge in [-0.15, -0.1) is 0 Å². The summed E-state index contributed by atoms with van der Waals surface area (Å²) in [7, 11) is 0. The fraction of sp³-hybridized carbons (Fsp3) is 0.632. The van der Waals surface area contributed by atoms with E-state index >= 15 is 0 Å². The molecule has 0 amide bonds. The molecule has 0 bridgehead atoms. The molecular formula is C19H26O6. The number of ether oxygens (including phenoxy) is 3. The summed E-state index contributed by atoms with van der Waals surface area (Å²) >= 11 is 0. The highest BCUT2D eigenvalue weighted by Gasteiger charge is 2.42.